The maximum atomic E-state index is 5.66. The summed E-state index contributed by atoms with van der Waals surface area (Å²) in [6.07, 6.45) is 3.20. The summed E-state index contributed by atoms with van der Waals surface area (Å²) >= 11 is 0. The van der Waals surface area contributed by atoms with Crippen LogP contribution in [0.1, 0.15) is 5.69 Å². The minimum atomic E-state index is 0.538. The SMILES string of the molecule is Cc1c(-c2oncc2N)cnn1C. The van der Waals surface area contributed by atoms with Gasteiger partial charge in [-0.2, -0.15) is 5.10 Å². The third-order valence-corrected chi connectivity index (χ3v) is 2.08. The van der Waals surface area contributed by atoms with Crippen molar-refractivity contribution >= 4 is 5.69 Å². The molecule has 0 aromatic carbocycles. The smallest absolute Gasteiger partial charge is 0.193 e. The lowest BCUT2D eigenvalue weighted by Crippen LogP contribution is -1.92. The van der Waals surface area contributed by atoms with Gasteiger partial charge < -0.3 is 10.3 Å². The van der Waals surface area contributed by atoms with Gasteiger partial charge in [-0.3, -0.25) is 4.68 Å². The van der Waals surface area contributed by atoms with Crippen LogP contribution in [0.4, 0.5) is 5.69 Å². The molecule has 5 nitrogen and oxygen atoms in total. The van der Waals surface area contributed by atoms with Gasteiger partial charge in [-0.25, -0.2) is 0 Å². The van der Waals surface area contributed by atoms with Crippen LogP contribution in [0.2, 0.25) is 0 Å². The quantitative estimate of drug-likeness (QED) is 0.706. The minimum Gasteiger partial charge on any atom is -0.394 e. The monoisotopic (exact) mass is 178 g/mol. The zero-order valence-corrected chi connectivity index (χ0v) is 7.48. The van der Waals surface area contributed by atoms with Gasteiger partial charge >= 0.3 is 0 Å². The van der Waals surface area contributed by atoms with Crippen molar-refractivity contribution < 1.29 is 4.52 Å². The van der Waals surface area contributed by atoms with Gasteiger partial charge in [-0.15, -0.1) is 0 Å². The highest BCUT2D eigenvalue weighted by atomic mass is 16.5. The zero-order chi connectivity index (χ0) is 9.42. The molecular formula is C8H10N4O. The first-order chi connectivity index (χ1) is 6.20. The number of aromatic nitrogens is 3. The van der Waals surface area contributed by atoms with E-state index in [1.54, 1.807) is 10.9 Å². The van der Waals surface area contributed by atoms with E-state index in [9.17, 15) is 0 Å². The molecule has 13 heavy (non-hydrogen) atoms. The summed E-state index contributed by atoms with van der Waals surface area (Å²) in [5, 5.41) is 7.70. The van der Waals surface area contributed by atoms with Gasteiger partial charge in [0.1, 0.15) is 5.69 Å². The Morgan fingerprint density at radius 2 is 2.23 bits per heavy atom. The fourth-order valence-corrected chi connectivity index (χ4v) is 1.17. The number of rotatable bonds is 1. The highest BCUT2D eigenvalue weighted by Gasteiger charge is 2.13. The van der Waals surface area contributed by atoms with E-state index in [1.807, 2.05) is 14.0 Å². The molecule has 2 aromatic rings. The average Bonchev–Trinajstić information content (AvgIpc) is 2.62. The molecule has 0 aliphatic rings. The molecule has 0 radical (unpaired) electrons. The topological polar surface area (TPSA) is 69.9 Å². The summed E-state index contributed by atoms with van der Waals surface area (Å²) in [5.41, 5.74) is 8.09. The predicted molar refractivity (Wildman–Crippen MR) is 47.9 cm³/mol. The molecule has 0 aliphatic carbocycles. The fraction of sp³-hybridized carbons (Fsp3) is 0.250. The van der Waals surface area contributed by atoms with E-state index in [0.717, 1.165) is 11.3 Å². The van der Waals surface area contributed by atoms with Crippen LogP contribution in [0.5, 0.6) is 0 Å². The highest BCUT2D eigenvalue weighted by Crippen LogP contribution is 2.27. The summed E-state index contributed by atoms with van der Waals surface area (Å²) in [6, 6.07) is 0. The first-order valence-corrected chi connectivity index (χ1v) is 3.89. The molecule has 0 saturated carbocycles. The lowest BCUT2D eigenvalue weighted by molar-refractivity contribution is 0.432. The van der Waals surface area contributed by atoms with Gasteiger partial charge in [0.05, 0.1) is 18.0 Å². The lowest BCUT2D eigenvalue weighted by Gasteiger charge is -1.96. The van der Waals surface area contributed by atoms with Gasteiger partial charge in [-0.1, -0.05) is 5.16 Å². The summed E-state index contributed by atoms with van der Waals surface area (Å²) < 4.78 is 6.78. The number of hydrogen-bond acceptors (Lipinski definition) is 4. The van der Waals surface area contributed by atoms with Gasteiger partial charge in [0, 0.05) is 12.7 Å². The Kier molecular flexibility index (Phi) is 1.58. The van der Waals surface area contributed by atoms with Crippen LogP contribution in [-0.2, 0) is 7.05 Å². The number of nitrogen functional groups attached to an aromatic ring is 1. The predicted octanol–water partition coefficient (Wildman–Crippen LogP) is 0.966. The van der Waals surface area contributed by atoms with Crippen molar-refractivity contribution in [3.63, 3.8) is 0 Å². The van der Waals surface area contributed by atoms with Crippen LogP contribution in [0, 0.1) is 6.92 Å². The van der Waals surface area contributed by atoms with E-state index >= 15 is 0 Å². The van der Waals surface area contributed by atoms with Gasteiger partial charge in [0.25, 0.3) is 0 Å². The number of aryl methyl sites for hydroxylation is 1. The van der Waals surface area contributed by atoms with Crippen molar-refractivity contribution in [2.24, 2.45) is 7.05 Å². The zero-order valence-electron chi connectivity index (χ0n) is 7.48. The summed E-state index contributed by atoms with van der Waals surface area (Å²) in [4.78, 5) is 0. The summed E-state index contributed by atoms with van der Waals surface area (Å²) in [5.74, 6) is 0.589. The molecule has 68 valence electrons. The fourth-order valence-electron chi connectivity index (χ4n) is 1.17. The molecule has 0 bridgehead atoms. The molecule has 0 atom stereocenters. The Labute approximate surface area is 75.1 Å². The molecule has 2 aromatic heterocycles. The van der Waals surface area contributed by atoms with Crippen LogP contribution in [0.25, 0.3) is 11.3 Å². The molecule has 0 amide bonds. The first-order valence-electron chi connectivity index (χ1n) is 3.89. The van der Waals surface area contributed by atoms with Gasteiger partial charge in [0.15, 0.2) is 5.76 Å². The Bertz CT molecular complexity index is 429. The average molecular weight is 178 g/mol. The van der Waals surface area contributed by atoms with Crippen LogP contribution < -0.4 is 5.73 Å². The maximum Gasteiger partial charge on any atom is 0.193 e. The highest BCUT2D eigenvalue weighted by molar-refractivity contribution is 5.70. The van der Waals surface area contributed by atoms with E-state index in [2.05, 4.69) is 10.3 Å². The second kappa shape index (κ2) is 2.62. The largest absolute Gasteiger partial charge is 0.394 e. The van der Waals surface area contributed by atoms with Gasteiger partial charge in [0.2, 0.25) is 0 Å². The van der Waals surface area contributed by atoms with Crippen molar-refractivity contribution in [2.75, 3.05) is 5.73 Å². The summed E-state index contributed by atoms with van der Waals surface area (Å²) in [7, 11) is 1.87. The first kappa shape index (κ1) is 7.85. The van der Waals surface area contributed by atoms with E-state index < -0.39 is 0 Å². The third kappa shape index (κ3) is 1.09. The Hall–Kier alpha value is -1.78. The molecule has 0 spiro atoms. The minimum absolute atomic E-state index is 0.538. The van der Waals surface area contributed by atoms with E-state index in [-0.39, 0.29) is 0 Å². The normalized spacial score (nSPS) is 10.6. The molecule has 5 heteroatoms. The number of nitrogens with two attached hydrogens (primary N) is 1. The number of hydrogen-bond donors (Lipinski definition) is 1. The standard InChI is InChI=1S/C8H10N4O/c1-5-6(3-10-12(5)2)8-7(9)4-11-13-8/h3-4H,9H2,1-2H3. The Morgan fingerprint density at radius 1 is 1.46 bits per heavy atom. The second-order valence-corrected chi connectivity index (χ2v) is 2.88. The third-order valence-electron chi connectivity index (χ3n) is 2.08. The lowest BCUT2D eigenvalue weighted by atomic mass is 10.2. The molecule has 0 unspecified atom stereocenters. The van der Waals surface area contributed by atoms with Crippen LogP contribution >= 0.6 is 0 Å². The molecule has 2 rings (SSSR count). The molecule has 2 heterocycles. The van der Waals surface area contributed by atoms with E-state index in [1.165, 1.54) is 6.20 Å². The summed E-state index contributed by atoms with van der Waals surface area (Å²) in [6.45, 7) is 1.95. The second-order valence-electron chi connectivity index (χ2n) is 2.88. The van der Waals surface area contributed by atoms with Crippen LogP contribution in [0.15, 0.2) is 16.9 Å². The molecule has 0 saturated heterocycles. The van der Waals surface area contributed by atoms with Crippen LogP contribution in [-0.4, -0.2) is 14.9 Å². The number of nitrogens with zero attached hydrogens (tertiary/aromatic N) is 3. The van der Waals surface area contributed by atoms with Crippen molar-refractivity contribution in [3.8, 4) is 11.3 Å². The van der Waals surface area contributed by atoms with Crippen molar-refractivity contribution in [1.29, 1.82) is 0 Å². The van der Waals surface area contributed by atoms with E-state index in [0.29, 0.717) is 11.4 Å². The van der Waals surface area contributed by atoms with Gasteiger partial charge in [-0.05, 0) is 6.92 Å². The van der Waals surface area contributed by atoms with E-state index in [4.69, 9.17) is 10.3 Å². The Balaban J connectivity index is 2.59. The van der Waals surface area contributed by atoms with Crippen molar-refractivity contribution in [3.05, 3.63) is 18.1 Å². The molecule has 0 aliphatic heterocycles. The molecule has 0 fully saturated rings. The molecule has 2 N–H and O–H groups in total. The van der Waals surface area contributed by atoms with Crippen molar-refractivity contribution in [2.45, 2.75) is 6.92 Å². The maximum absolute atomic E-state index is 5.66. The van der Waals surface area contributed by atoms with Crippen molar-refractivity contribution in [1.82, 2.24) is 14.9 Å². The Morgan fingerprint density at radius 3 is 2.69 bits per heavy atom. The molecular weight excluding hydrogens is 168 g/mol. The van der Waals surface area contributed by atoms with Crippen LogP contribution in [0.3, 0.4) is 0 Å². The number of anilines is 1.